The fraction of sp³-hybridized carbons (Fsp3) is 0.600. The second kappa shape index (κ2) is 6.70. The average molecular weight is 342 g/mol. The first-order valence-corrected chi connectivity index (χ1v) is 9.50. The van der Waals surface area contributed by atoms with Crippen LogP contribution in [0.25, 0.3) is 0 Å². The second-order valence-electron chi connectivity index (χ2n) is 7.47. The minimum absolute atomic E-state index is 0.0210. The van der Waals surface area contributed by atoms with E-state index < -0.39 is 0 Å². The van der Waals surface area contributed by atoms with Gasteiger partial charge in [-0.25, -0.2) is 0 Å². The van der Waals surface area contributed by atoms with Crippen molar-refractivity contribution >= 4 is 17.5 Å². The first kappa shape index (κ1) is 16.4. The molecular weight excluding hydrogens is 316 g/mol. The van der Waals surface area contributed by atoms with Crippen LogP contribution < -0.4 is 9.64 Å². The van der Waals surface area contributed by atoms with Crippen LogP contribution in [0.4, 0.5) is 5.69 Å². The minimum Gasteiger partial charge on any atom is -0.492 e. The summed E-state index contributed by atoms with van der Waals surface area (Å²) >= 11 is 0. The van der Waals surface area contributed by atoms with E-state index in [0.29, 0.717) is 37.3 Å². The number of benzene rings is 1. The summed E-state index contributed by atoms with van der Waals surface area (Å²) in [6.07, 6.45) is 5.04. The molecule has 0 bridgehead atoms. The molecule has 5 heteroatoms. The van der Waals surface area contributed by atoms with Gasteiger partial charge in [-0.15, -0.1) is 0 Å². The molecular formula is C20H26N2O3. The summed E-state index contributed by atoms with van der Waals surface area (Å²) < 4.78 is 5.66. The quantitative estimate of drug-likeness (QED) is 0.766. The Morgan fingerprint density at radius 1 is 1.24 bits per heavy atom. The number of nitrogens with zero attached hydrogens (tertiary/aromatic N) is 2. The molecule has 1 aromatic rings. The van der Waals surface area contributed by atoms with Crippen LogP contribution in [-0.2, 0) is 9.59 Å². The van der Waals surface area contributed by atoms with Crippen LogP contribution in [0, 0.1) is 11.8 Å². The number of amides is 2. The standard InChI is InChI=1S/C20H26N2O3/c1-2-25-18-6-4-3-5-17(18)22-13-15(11-19(22)23)20(24)21(16-9-10-16)12-14-7-8-14/h3-6,14-16H,2,7-13H2,1H3. The van der Waals surface area contributed by atoms with Crippen molar-refractivity contribution in [2.45, 2.75) is 45.1 Å². The number of hydrogen-bond acceptors (Lipinski definition) is 3. The van der Waals surface area contributed by atoms with E-state index in [0.717, 1.165) is 25.1 Å². The highest BCUT2D eigenvalue weighted by molar-refractivity contribution is 6.01. The van der Waals surface area contributed by atoms with Gasteiger partial charge < -0.3 is 14.5 Å². The van der Waals surface area contributed by atoms with Crippen molar-refractivity contribution in [3.63, 3.8) is 0 Å². The van der Waals surface area contributed by atoms with Crippen LogP contribution in [0.5, 0.6) is 5.75 Å². The molecule has 0 spiro atoms. The van der Waals surface area contributed by atoms with E-state index in [-0.39, 0.29) is 17.7 Å². The molecule has 1 heterocycles. The van der Waals surface area contributed by atoms with Crippen molar-refractivity contribution in [2.75, 3.05) is 24.6 Å². The van der Waals surface area contributed by atoms with Crippen molar-refractivity contribution in [3.05, 3.63) is 24.3 Å². The Balaban J connectivity index is 1.49. The van der Waals surface area contributed by atoms with E-state index >= 15 is 0 Å². The molecule has 3 aliphatic rings. The van der Waals surface area contributed by atoms with E-state index in [9.17, 15) is 9.59 Å². The molecule has 5 nitrogen and oxygen atoms in total. The maximum atomic E-state index is 13.0. The minimum atomic E-state index is -0.221. The molecule has 1 atom stereocenters. The van der Waals surface area contributed by atoms with Gasteiger partial charge in [0.25, 0.3) is 0 Å². The van der Waals surface area contributed by atoms with E-state index in [4.69, 9.17) is 4.74 Å². The molecule has 2 amide bonds. The van der Waals surface area contributed by atoms with Gasteiger partial charge in [0.05, 0.1) is 18.2 Å². The maximum Gasteiger partial charge on any atom is 0.228 e. The van der Waals surface area contributed by atoms with Crippen LogP contribution in [-0.4, -0.2) is 42.5 Å². The van der Waals surface area contributed by atoms with Gasteiger partial charge in [-0.3, -0.25) is 9.59 Å². The Bertz CT molecular complexity index is 667. The number of rotatable bonds is 7. The molecule has 0 radical (unpaired) electrons. The molecule has 25 heavy (non-hydrogen) atoms. The number of carbonyl (C=O) groups excluding carboxylic acids is 2. The largest absolute Gasteiger partial charge is 0.492 e. The summed E-state index contributed by atoms with van der Waals surface area (Å²) in [4.78, 5) is 29.4. The molecule has 1 aromatic carbocycles. The molecule has 1 saturated heterocycles. The summed E-state index contributed by atoms with van der Waals surface area (Å²) in [6, 6.07) is 8.02. The Hall–Kier alpha value is -2.04. The monoisotopic (exact) mass is 342 g/mol. The lowest BCUT2D eigenvalue weighted by molar-refractivity contribution is -0.136. The normalized spacial score (nSPS) is 23.0. The van der Waals surface area contributed by atoms with Crippen molar-refractivity contribution in [2.24, 2.45) is 11.8 Å². The maximum absolute atomic E-state index is 13.0. The molecule has 2 aliphatic carbocycles. The predicted octanol–water partition coefficient (Wildman–Crippen LogP) is 2.84. The predicted molar refractivity (Wildman–Crippen MR) is 95.5 cm³/mol. The fourth-order valence-electron chi connectivity index (χ4n) is 3.68. The Labute approximate surface area is 148 Å². The highest BCUT2D eigenvalue weighted by Crippen LogP contribution is 2.38. The lowest BCUT2D eigenvalue weighted by Crippen LogP contribution is -2.40. The van der Waals surface area contributed by atoms with Crippen molar-refractivity contribution in [3.8, 4) is 5.75 Å². The molecule has 134 valence electrons. The van der Waals surface area contributed by atoms with E-state index in [1.165, 1.54) is 12.8 Å². The fourth-order valence-corrected chi connectivity index (χ4v) is 3.68. The average Bonchev–Trinajstić information content (AvgIpc) is 3.52. The third-order valence-electron chi connectivity index (χ3n) is 5.35. The summed E-state index contributed by atoms with van der Waals surface area (Å²) in [6.45, 7) is 3.85. The number of hydrogen-bond donors (Lipinski definition) is 0. The summed E-state index contributed by atoms with van der Waals surface area (Å²) in [5, 5.41) is 0. The SMILES string of the molecule is CCOc1ccccc1N1CC(C(=O)N(CC2CC2)C2CC2)CC1=O. The lowest BCUT2D eigenvalue weighted by atomic mass is 10.1. The van der Waals surface area contributed by atoms with Crippen LogP contribution in [0.3, 0.4) is 0 Å². The van der Waals surface area contributed by atoms with Gasteiger partial charge in [-0.05, 0) is 50.7 Å². The van der Waals surface area contributed by atoms with Crippen molar-refractivity contribution < 1.29 is 14.3 Å². The zero-order chi connectivity index (χ0) is 17.4. The van der Waals surface area contributed by atoms with Crippen molar-refractivity contribution in [1.82, 2.24) is 4.90 Å². The summed E-state index contributed by atoms with van der Waals surface area (Å²) in [7, 11) is 0. The number of anilines is 1. The van der Waals surface area contributed by atoms with Crippen LogP contribution in [0.15, 0.2) is 24.3 Å². The second-order valence-corrected chi connectivity index (χ2v) is 7.47. The summed E-state index contributed by atoms with van der Waals surface area (Å²) in [5.74, 6) is 1.38. The third-order valence-corrected chi connectivity index (χ3v) is 5.35. The van der Waals surface area contributed by atoms with Crippen LogP contribution >= 0.6 is 0 Å². The first-order chi connectivity index (χ1) is 12.2. The highest BCUT2D eigenvalue weighted by atomic mass is 16.5. The molecule has 2 saturated carbocycles. The Morgan fingerprint density at radius 3 is 2.68 bits per heavy atom. The third kappa shape index (κ3) is 3.51. The molecule has 1 unspecified atom stereocenters. The van der Waals surface area contributed by atoms with Gasteiger partial charge in [0, 0.05) is 25.6 Å². The van der Waals surface area contributed by atoms with Crippen LogP contribution in [0.1, 0.15) is 39.0 Å². The first-order valence-electron chi connectivity index (χ1n) is 9.50. The number of ether oxygens (including phenoxy) is 1. The van der Waals surface area contributed by atoms with Crippen molar-refractivity contribution in [1.29, 1.82) is 0 Å². The number of para-hydroxylation sites is 2. The Kier molecular flexibility index (Phi) is 4.40. The van der Waals surface area contributed by atoms with Crippen LogP contribution in [0.2, 0.25) is 0 Å². The smallest absolute Gasteiger partial charge is 0.228 e. The summed E-state index contributed by atoms with van der Waals surface area (Å²) in [5.41, 5.74) is 0.782. The van der Waals surface area contributed by atoms with E-state index in [1.54, 1.807) is 4.90 Å². The molecule has 0 N–H and O–H groups in total. The molecule has 1 aliphatic heterocycles. The van der Waals surface area contributed by atoms with Gasteiger partial charge in [-0.2, -0.15) is 0 Å². The van der Waals surface area contributed by atoms with Gasteiger partial charge >= 0.3 is 0 Å². The molecule has 4 rings (SSSR count). The molecule has 0 aromatic heterocycles. The number of carbonyl (C=O) groups is 2. The van der Waals surface area contributed by atoms with Gasteiger partial charge in [0.2, 0.25) is 11.8 Å². The van der Waals surface area contributed by atoms with E-state index in [2.05, 4.69) is 4.90 Å². The van der Waals surface area contributed by atoms with Gasteiger partial charge in [0.1, 0.15) is 5.75 Å². The highest BCUT2D eigenvalue weighted by Gasteiger charge is 2.43. The van der Waals surface area contributed by atoms with E-state index in [1.807, 2.05) is 31.2 Å². The zero-order valence-electron chi connectivity index (χ0n) is 14.8. The zero-order valence-corrected chi connectivity index (χ0v) is 14.8. The molecule has 3 fully saturated rings. The lowest BCUT2D eigenvalue weighted by Gasteiger charge is -2.26. The Morgan fingerprint density at radius 2 is 2.00 bits per heavy atom. The topological polar surface area (TPSA) is 49.9 Å². The van der Waals surface area contributed by atoms with Gasteiger partial charge in [-0.1, -0.05) is 12.1 Å². The van der Waals surface area contributed by atoms with Gasteiger partial charge in [0.15, 0.2) is 0 Å².